The van der Waals surface area contributed by atoms with Gasteiger partial charge in [-0.05, 0) is 99.5 Å². The molecule has 6 heteroatoms. The Hall–Kier alpha value is -1.53. The smallest absolute Gasteiger partial charge is 0.297 e. The molecule has 0 spiro atoms. The van der Waals surface area contributed by atoms with Crippen molar-refractivity contribution in [3.8, 4) is 0 Å². The van der Waals surface area contributed by atoms with Crippen LogP contribution < -0.4 is 0 Å². The van der Waals surface area contributed by atoms with Crippen LogP contribution in [-0.2, 0) is 23.9 Å². The molecule has 0 bridgehead atoms. The van der Waals surface area contributed by atoms with E-state index in [4.69, 9.17) is 4.18 Å². The van der Waals surface area contributed by atoms with Gasteiger partial charge in [-0.15, -0.1) is 0 Å². The van der Waals surface area contributed by atoms with Crippen LogP contribution in [0.15, 0.2) is 29.2 Å². The van der Waals surface area contributed by atoms with E-state index in [2.05, 4.69) is 13.8 Å². The van der Waals surface area contributed by atoms with Gasteiger partial charge in [-0.2, -0.15) is 8.42 Å². The summed E-state index contributed by atoms with van der Waals surface area (Å²) >= 11 is 0. The van der Waals surface area contributed by atoms with Crippen LogP contribution >= 0.6 is 0 Å². The van der Waals surface area contributed by atoms with Crippen molar-refractivity contribution in [1.29, 1.82) is 0 Å². The number of hydrogen-bond acceptors (Lipinski definition) is 5. The van der Waals surface area contributed by atoms with E-state index in [-0.39, 0.29) is 39.4 Å². The summed E-state index contributed by atoms with van der Waals surface area (Å²) in [5, 5.41) is 0. The van der Waals surface area contributed by atoms with Gasteiger partial charge in [0.25, 0.3) is 10.1 Å². The van der Waals surface area contributed by atoms with Gasteiger partial charge in [-0.3, -0.25) is 13.8 Å². The maximum absolute atomic E-state index is 13.7. The molecule has 0 saturated heterocycles. The third-order valence-corrected chi connectivity index (χ3v) is 11.7. The molecule has 4 aliphatic rings. The lowest BCUT2D eigenvalue weighted by Crippen LogP contribution is -2.58. The number of rotatable bonds is 4. The minimum absolute atomic E-state index is 0.0176. The van der Waals surface area contributed by atoms with Crippen LogP contribution in [0.2, 0.25) is 0 Å². The molecule has 0 amide bonds. The zero-order valence-corrected chi connectivity index (χ0v) is 21.7. The number of ketones is 2. The Balaban J connectivity index is 1.34. The lowest BCUT2D eigenvalue weighted by atomic mass is 9.44. The van der Waals surface area contributed by atoms with Gasteiger partial charge in [0.15, 0.2) is 0 Å². The number of carbonyl (C=O) groups is 2. The first-order chi connectivity index (χ1) is 16.0. The Morgan fingerprint density at radius 1 is 1.00 bits per heavy atom. The van der Waals surface area contributed by atoms with E-state index >= 15 is 0 Å². The summed E-state index contributed by atoms with van der Waals surface area (Å²) in [5.74, 6) is 1.72. The monoisotopic (exact) mass is 486 g/mol. The molecule has 4 saturated carbocycles. The standard InChI is InChI=1S/C28H38O5S/c1-17-5-8-21(9-6-17)34(31,32)33-20-13-14-27(3)19(15-20)7-10-22-24-12-11-23(18(2)29)28(24,4)16-25(30)26(22)27/h5-6,8-9,19-20,22-24,26H,7,10-16H2,1-4H3/t19-,20+,22-,23-,24+,26-,27-,28+/m0/s1. The van der Waals surface area contributed by atoms with Crippen molar-refractivity contribution in [2.75, 3.05) is 0 Å². The van der Waals surface area contributed by atoms with Crippen molar-refractivity contribution in [2.45, 2.75) is 90.1 Å². The number of benzene rings is 1. The normalized spacial score (nSPS) is 41.9. The summed E-state index contributed by atoms with van der Waals surface area (Å²) in [6, 6.07) is 6.79. The Morgan fingerprint density at radius 2 is 1.71 bits per heavy atom. The van der Waals surface area contributed by atoms with Crippen molar-refractivity contribution in [1.82, 2.24) is 0 Å². The Kier molecular flexibility index (Phi) is 5.87. The fourth-order valence-corrected chi connectivity index (χ4v) is 9.84. The van der Waals surface area contributed by atoms with Gasteiger partial charge < -0.3 is 0 Å². The van der Waals surface area contributed by atoms with Crippen molar-refractivity contribution in [3.63, 3.8) is 0 Å². The quantitative estimate of drug-likeness (QED) is 0.526. The van der Waals surface area contributed by atoms with Crippen LogP contribution in [0.5, 0.6) is 0 Å². The molecular formula is C28H38O5S. The highest BCUT2D eigenvalue weighted by Crippen LogP contribution is 2.66. The van der Waals surface area contributed by atoms with Crippen LogP contribution in [0, 0.1) is 47.3 Å². The van der Waals surface area contributed by atoms with Gasteiger partial charge in [0, 0.05) is 18.3 Å². The Labute approximate surface area is 204 Å². The van der Waals surface area contributed by atoms with E-state index in [1.807, 2.05) is 6.92 Å². The van der Waals surface area contributed by atoms with E-state index in [0.717, 1.165) is 37.7 Å². The maximum Gasteiger partial charge on any atom is 0.297 e. The second-order valence-corrected chi connectivity index (χ2v) is 13.7. The van der Waals surface area contributed by atoms with Crippen molar-refractivity contribution in [3.05, 3.63) is 29.8 Å². The van der Waals surface area contributed by atoms with Crippen LogP contribution in [0.3, 0.4) is 0 Å². The molecule has 0 aliphatic heterocycles. The summed E-state index contributed by atoms with van der Waals surface area (Å²) in [5.41, 5.74) is 0.716. The lowest BCUT2D eigenvalue weighted by molar-refractivity contribution is -0.161. The molecule has 4 fully saturated rings. The molecule has 5 rings (SSSR count). The highest BCUT2D eigenvalue weighted by atomic mass is 32.2. The number of hydrogen-bond donors (Lipinski definition) is 0. The zero-order chi connectivity index (χ0) is 24.5. The fourth-order valence-electron chi connectivity index (χ4n) is 8.73. The van der Waals surface area contributed by atoms with E-state index in [1.165, 1.54) is 0 Å². The number of fused-ring (bicyclic) bond motifs is 5. The van der Waals surface area contributed by atoms with Crippen LogP contribution in [-0.4, -0.2) is 26.1 Å². The molecule has 8 atom stereocenters. The number of aryl methyl sites for hydroxylation is 1. The summed E-state index contributed by atoms with van der Waals surface area (Å²) in [7, 11) is -3.80. The average Bonchev–Trinajstić information content (AvgIpc) is 3.10. The minimum atomic E-state index is -3.80. The van der Waals surface area contributed by atoms with E-state index in [9.17, 15) is 18.0 Å². The van der Waals surface area contributed by atoms with E-state index < -0.39 is 10.1 Å². The third-order valence-electron chi connectivity index (χ3n) is 10.4. The molecule has 186 valence electrons. The SMILES string of the molecule is CC(=O)[C@@H]1CC[C@@H]2[C@@H]3CC[C@H]4C[C@H](OS(=O)(=O)c5ccc(C)cc5)CC[C@]4(C)[C@@H]3C(=O)C[C@@]21C. The van der Waals surface area contributed by atoms with Crippen LogP contribution in [0.4, 0.5) is 0 Å². The van der Waals surface area contributed by atoms with E-state index in [0.29, 0.717) is 42.8 Å². The van der Waals surface area contributed by atoms with Crippen LogP contribution in [0.1, 0.15) is 77.7 Å². The number of Topliss-reactive ketones (excluding diaryl/α,β-unsaturated/α-hetero) is 2. The molecule has 0 aromatic heterocycles. The van der Waals surface area contributed by atoms with E-state index in [1.54, 1.807) is 31.2 Å². The summed E-state index contributed by atoms with van der Waals surface area (Å²) < 4.78 is 31.5. The van der Waals surface area contributed by atoms with Gasteiger partial charge in [0.05, 0.1) is 11.0 Å². The molecular weight excluding hydrogens is 448 g/mol. The predicted octanol–water partition coefficient (Wildman–Crippen LogP) is 5.50. The third kappa shape index (κ3) is 3.71. The Morgan fingerprint density at radius 3 is 2.38 bits per heavy atom. The average molecular weight is 487 g/mol. The highest BCUT2D eigenvalue weighted by Gasteiger charge is 2.63. The molecule has 0 radical (unpaired) electrons. The largest absolute Gasteiger partial charge is 0.300 e. The van der Waals surface area contributed by atoms with Crippen molar-refractivity contribution >= 4 is 21.7 Å². The Bertz CT molecular complexity index is 1090. The summed E-state index contributed by atoms with van der Waals surface area (Å²) in [6.45, 7) is 8.09. The summed E-state index contributed by atoms with van der Waals surface area (Å²) in [4.78, 5) is 26.3. The molecule has 0 N–H and O–H groups in total. The molecule has 34 heavy (non-hydrogen) atoms. The van der Waals surface area contributed by atoms with Crippen LogP contribution in [0.25, 0.3) is 0 Å². The maximum atomic E-state index is 13.7. The van der Waals surface area contributed by atoms with Gasteiger partial charge in [-0.1, -0.05) is 31.5 Å². The molecule has 1 aromatic carbocycles. The molecule has 0 unspecified atom stereocenters. The van der Waals surface area contributed by atoms with Crippen molar-refractivity contribution in [2.24, 2.45) is 40.4 Å². The zero-order valence-electron chi connectivity index (χ0n) is 20.9. The second kappa shape index (κ2) is 8.26. The second-order valence-electron chi connectivity index (χ2n) is 12.2. The lowest BCUT2D eigenvalue weighted by Gasteiger charge is -2.59. The topological polar surface area (TPSA) is 77.5 Å². The first-order valence-corrected chi connectivity index (χ1v) is 14.4. The first kappa shape index (κ1) is 24.2. The highest BCUT2D eigenvalue weighted by molar-refractivity contribution is 7.86. The fraction of sp³-hybridized carbons (Fsp3) is 0.714. The molecule has 4 aliphatic carbocycles. The minimum Gasteiger partial charge on any atom is -0.300 e. The van der Waals surface area contributed by atoms with Crippen molar-refractivity contribution < 1.29 is 22.2 Å². The molecule has 1 aromatic rings. The van der Waals surface area contributed by atoms with Gasteiger partial charge in [0.1, 0.15) is 11.6 Å². The van der Waals surface area contributed by atoms with Gasteiger partial charge in [-0.25, -0.2) is 0 Å². The van der Waals surface area contributed by atoms with Gasteiger partial charge in [0.2, 0.25) is 0 Å². The number of carbonyl (C=O) groups excluding carboxylic acids is 2. The first-order valence-electron chi connectivity index (χ1n) is 13.0. The molecule has 0 heterocycles. The summed E-state index contributed by atoms with van der Waals surface area (Å²) in [6.07, 6.45) is 6.33. The predicted molar refractivity (Wildman–Crippen MR) is 130 cm³/mol. The van der Waals surface area contributed by atoms with Gasteiger partial charge >= 0.3 is 0 Å². The molecule has 5 nitrogen and oxygen atoms in total.